The molecule has 0 amide bonds. The first-order valence-corrected chi connectivity index (χ1v) is 36.7. The summed E-state index contributed by atoms with van der Waals surface area (Å²) >= 11 is 0. The average molecular weight is 1380 g/mol. The van der Waals surface area contributed by atoms with Crippen molar-refractivity contribution >= 4 is 11.9 Å². The van der Waals surface area contributed by atoms with Gasteiger partial charge < -0.3 is 88.6 Å². The van der Waals surface area contributed by atoms with Crippen LogP contribution in [-0.4, -0.2) is 214 Å². The molecule has 4 bridgehead atoms. The lowest BCUT2D eigenvalue weighted by molar-refractivity contribution is -0.158. The van der Waals surface area contributed by atoms with Gasteiger partial charge in [-0.2, -0.15) is 0 Å². The molecule has 5 rings (SSSR count). The van der Waals surface area contributed by atoms with Gasteiger partial charge >= 0.3 is 11.9 Å². The van der Waals surface area contributed by atoms with Gasteiger partial charge in [0.2, 0.25) is 0 Å². The van der Waals surface area contributed by atoms with Gasteiger partial charge in [0.25, 0.3) is 0 Å². The highest BCUT2D eigenvalue weighted by atomic mass is 16.6. The number of methoxy groups -OCH3 is 3. The number of cyclic esters (lactones) is 2. The summed E-state index contributed by atoms with van der Waals surface area (Å²) < 4.78 is 55.1. The summed E-state index contributed by atoms with van der Waals surface area (Å²) in [4.78, 5) is 27.7. The summed E-state index contributed by atoms with van der Waals surface area (Å²) in [5, 5.41) is 105. The first-order valence-electron chi connectivity index (χ1n) is 36.7. The van der Waals surface area contributed by atoms with E-state index in [1.807, 2.05) is 71.9 Å². The van der Waals surface area contributed by atoms with Crippen molar-refractivity contribution in [1.29, 1.82) is 0 Å². The minimum Gasteiger partial charge on any atom is -0.458 e. The van der Waals surface area contributed by atoms with Crippen molar-refractivity contribution in [2.45, 2.75) is 333 Å². The molecule has 0 aliphatic carbocycles. The highest BCUT2D eigenvalue weighted by molar-refractivity contribution is 5.83. The first-order chi connectivity index (χ1) is 45.9. The highest BCUT2D eigenvalue weighted by Crippen LogP contribution is 2.36. The lowest BCUT2D eigenvalue weighted by Crippen LogP contribution is -2.45. The van der Waals surface area contributed by atoms with E-state index in [9.17, 15) is 55.5 Å². The van der Waals surface area contributed by atoms with Crippen LogP contribution >= 0.6 is 0 Å². The molecule has 0 aromatic carbocycles. The molecule has 2 saturated heterocycles. The second kappa shape index (κ2) is 42.4. The highest BCUT2D eigenvalue weighted by Gasteiger charge is 2.42. The van der Waals surface area contributed by atoms with E-state index in [1.54, 1.807) is 81.1 Å². The normalized spacial score (nSPS) is 41.4. The van der Waals surface area contributed by atoms with Gasteiger partial charge in [0.1, 0.15) is 12.2 Å². The Morgan fingerprint density at radius 1 is 0.454 bits per heavy atom. The fourth-order valence-electron chi connectivity index (χ4n) is 15.1. The van der Waals surface area contributed by atoms with Crippen LogP contribution in [0.2, 0.25) is 0 Å². The second-order valence-corrected chi connectivity index (χ2v) is 30.1. The van der Waals surface area contributed by atoms with Gasteiger partial charge in [0.15, 0.2) is 0 Å². The van der Waals surface area contributed by atoms with Crippen LogP contribution in [0.25, 0.3) is 0 Å². The third-order valence-corrected chi connectivity index (χ3v) is 22.0. The van der Waals surface area contributed by atoms with Crippen molar-refractivity contribution in [3.8, 4) is 0 Å². The summed E-state index contributed by atoms with van der Waals surface area (Å²) in [5.74, 6) is -5.87. The molecule has 0 spiro atoms. The largest absolute Gasteiger partial charge is 0.458 e. The predicted molar refractivity (Wildman–Crippen MR) is 373 cm³/mol. The summed E-state index contributed by atoms with van der Waals surface area (Å²) in [6.45, 7) is 22.2. The molecule has 0 aromatic heterocycles. The Labute approximate surface area is 581 Å². The van der Waals surface area contributed by atoms with Gasteiger partial charge in [-0.25, -0.2) is 9.59 Å². The maximum atomic E-state index is 13.9. The van der Waals surface area contributed by atoms with E-state index in [-0.39, 0.29) is 99.5 Å². The van der Waals surface area contributed by atoms with Crippen molar-refractivity contribution in [3.05, 3.63) is 71.9 Å². The molecule has 0 radical (unpaired) electrons. The van der Waals surface area contributed by atoms with E-state index in [4.69, 9.17) is 42.6 Å². The van der Waals surface area contributed by atoms with Crippen LogP contribution < -0.4 is 0 Å². The van der Waals surface area contributed by atoms with Crippen LogP contribution in [0, 0.1) is 47.3 Å². The number of allylic oxidation sites excluding steroid dienone is 4. The Bertz CT molecular complexity index is 2470. The fourth-order valence-corrected chi connectivity index (χ4v) is 15.1. The second-order valence-electron chi connectivity index (χ2n) is 30.1. The quantitative estimate of drug-likeness (QED) is 0.0544. The van der Waals surface area contributed by atoms with Crippen molar-refractivity contribution in [1.82, 2.24) is 0 Å². The maximum Gasteiger partial charge on any atom is 0.331 e. The molecule has 5 aliphatic heterocycles. The van der Waals surface area contributed by atoms with E-state index in [0.717, 1.165) is 25.7 Å². The number of hydrogen-bond donors (Lipinski definition) is 9. The summed E-state index contributed by atoms with van der Waals surface area (Å²) in [5.41, 5.74) is 1.35. The molecule has 97 heavy (non-hydrogen) atoms. The molecule has 0 saturated carbocycles. The third-order valence-electron chi connectivity index (χ3n) is 22.0. The van der Waals surface area contributed by atoms with Crippen molar-refractivity contribution in [3.63, 3.8) is 0 Å². The number of esters is 2. The van der Waals surface area contributed by atoms with E-state index in [2.05, 4.69) is 0 Å². The van der Waals surface area contributed by atoms with Gasteiger partial charge in [0, 0.05) is 94.7 Å². The maximum absolute atomic E-state index is 13.9. The average Bonchev–Trinajstić information content (AvgIpc) is 0.873. The molecule has 20 heteroatoms. The zero-order valence-electron chi connectivity index (χ0n) is 61.3. The van der Waals surface area contributed by atoms with E-state index < -0.39 is 139 Å². The van der Waals surface area contributed by atoms with Crippen LogP contribution in [0.1, 0.15) is 199 Å². The molecule has 20 nitrogen and oxygen atoms in total. The zero-order chi connectivity index (χ0) is 71.8. The van der Waals surface area contributed by atoms with Gasteiger partial charge in [0.05, 0.1) is 122 Å². The Morgan fingerprint density at radius 2 is 0.835 bits per heavy atom. The van der Waals surface area contributed by atoms with E-state index >= 15 is 0 Å². The van der Waals surface area contributed by atoms with Gasteiger partial charge in [-0.3, -0.25) is 0 Å². The summed E-state index contributed by atoms with van der Waals surface area (Å²) in [7, 11) is 4.99. The monoisotopic (exact) mass is 1370 g/mol. The van der Waals surface area contributed by atoms with Crippen LogP contribution in [0.5, 0.6) is 0 Å². The molecular formula is C77H130O20. The molecule has 9 N–H and O–H groups in total. The lowest BCUT2D eigenvalue weighted by atomic mass is 9.78. The number of carbonyl (C=O) groups excluding carboxylic acids is 2. The minimum absolute atomic E-state index is 0.0332. The zero-order valence-corrected chi connectivity index (χ0v) is 61.3. The number of fused-ring (bicyclic) bond motifs is 4. The van der Waals surface area contributed by atoms with E-state index in [1.165, 1.54) is 12.2 Å². The molecule has 5 heterocycles. The predicted octanol–water partition coefficient (Wildman–Crippen LogP) is 9.45. The van der Waals surface area contributed by atoms with Crippen LogP contribution in [0.3, 0.4) is 0 Å². The fraction of sp³-hybridized carbons (Fsp3) is 0.818. The van der Waals surface area contributed by atoms with Crippen LogP contribution in [0.15, 0.2) is 71.9 Å². The summed E-state index contributed by atoms with van der Waals surface area (Å²) in [6.07, 6.45) is 12.2. The molecule has 30 atom stereocenters. The third kappa shape index (κ3) is 28.1. The van der Waals surface area contributed by atoms with Gasteiger partial charge in [-0.1, -0.05) is 115 Å². The topological polar surface area (TPSA) is 299 Å². The van der Waals surface area contributed by atoms with Crippen LogP contribution in [0.4, 0.5) is 0 Å². The SMILES string of the molecule is CO[C@H]1C[C@H](CC[C@H](C)[C@H](O)[C@H](C)[C@H]2OC(=O)/C=C\C(C)=C\C[C@H](O)C[C@@H]3C=CC[C@@H](C[C@H](OC)[C@@H](C)[C@@H](O)C[C@@H](O)[C@H](C)[C@@H]([C@@H](C)[C@@H](O)[C@@H](C)CC[C@H]4C[C@H](OC)C[C@H](C)O4)OC(=O)/C=C\C(C)=C\C[C@H](O)C[C@@H]4C=CC[C@@H](C[C@H](O)[C@@H](C)[C@@H](O)C[C@@H](O)[C@@H]2C)O4)O3)O[C@@H](C)C1. The van der Waals surface area contributed by atoms with Gasteiger partial charge in [-0.05, 0) is 129 Å². The van der Waals surface area contributed by atoms with Gasteiger partial charge in [-0.15, -0.1) is 0 Å². The molecule has 0 unspecified atom stereocenters. The Hall–Kier alpha value is -3.26. The van der Waals surface area contributed by atoms with Crippen molar-refractivity contribution in [2.24, 2.45) is 47.3 Å². The molecule has 5 aliphatic rings. The van der Waals surface area contributed by atoms with Crippen molar-refractivity contribution in [2.75, 3.05) is 21.3 Å². The molecule has 558 valence electrons. The Morgan fingerprint density at radius 3 is 1.24 bits per heavy atom. The lowest BCUT2D eigenvalue weighted by Gasteiger charge is -2.38. The minimum atomic E-state index is -1.22. The Balaban J connectivity index is 1.35. The smallest absolute Gasteiger partial charge is 0.331 e. The molecule has 0 aromatic rings. The van der Waals surface area contributed by atoms with Crippen molar-refractivity contribution < 1.29 is 98.2 Å². The van der Waals surface area contributed by atoms with Crippen LogP contribution in [-0.2, 0) is 52.2 Å². The number of rotatable bonds is 15. The first kappa shape index (κ1) is 84.4. The number of aliphatic hydroxyl groups excluding tert-OH is 9. The molecule has 2 fully saturated rings. The number of hydrogen-bond acceptors (Lipinski definition) is 20. The molecular weight excluding hydrogens is 1240 g/mol. The standard InChI is InChI=1S/C77H130O20/c1-44-22-28-56(78)36-58-18-16-20-60(94-58)40-66(80)50(7)67(81)42-69(83)52(9)76(54(11)74(87)46(3)26-30-62-38-64(89-13)34-48(5)92-62)96-72(85)32-24-45(2)23-29-57(79)37-59-19-17-21-61(95-59)41-71(91-15)51(8)68(82)43-70(84)53(10)77(97-73(86)33-25-44)55(12)75(88)47(4)27-31-63-39-65(90-14)35-49(6)93-63/h16-19,22-25,32-33,46-71,74-84,87-88H,20-21,26-31,34-43H2,1-15H3/b32-24-,33-25-,44-22+,45-23+/t46-,47-,48-,49-,50+,51-,52-,53-,54-,55-,56-,57-,58-,59-,60-,61-,62-,63-,64+,65+,66-,67-,68-,69+,70+,71-,74-,75-,76-,77-/m0/s1. The Kier molecular flexibility index (Phi) is 36.9. The number of ether oxygens (including phenoxy) is 9. The number of carbonyl (C=O) groups is 2. The number of aliphatic hydroxyl groups is 9. The van der Waals surface area contributed by atoms with E-state index in [0.29, 0.717) is 56.1 Å². The summed E-state index contributed by atoms with van der Waals surface area (Å²) in [6, 6.07) is 0.